The standard InChI is InChI=1S/C13H12N2O2/c1-9-4-2-5-10(8-9)14-12-7-3-6-11(15-12)13(16)17/h2-8H,1H3,(H,14,15)(H,16,17). The zero-order valence-corrected chi connectivity index (χ0v) is 9.34. The third-order valence-electron chi connectivity index (χ3n) is 2.26. The summed E-state index contributed by atoms with van der Waals surface area (Å²) in [6, 6.07) is 12.6. The molecule has 0 aliphatic heterocycles. The Balaban J connectivity index is 2.24. The van der Waals surface area contributed by atoms with Crippen LogP contribution in [0.15, 0.2) is 42.5 Å². The van der Waals surface area contributed by atoms with Crippen LogP contribution in [0, 0.1) is 6.92 Å². The molecule has 0 bridgehead atoms. The first-order chi connectivity index (χ1) is 8.15. The highest BCUT2D eigenvalue weighted by Crippen LogP contribution is 2.15. The van der Waals surface area contributed by atoms with Gasteiger partial charge in [-0.15, -0.1) is 0 Å². The Bertz CT molecular complexity index is 553. The molecule has 0 unspecified atom stereocenters. The molecular weight excluding hydrogens is 216 g/mol. The number of hydrogen-bond acceptors (Lipinski definition) is 3. The molecule has 86 valence electrons. The molecule has 0 aliphatic rings. The van der Waals surface area contributed by atoms with E-state index in [-0.39, 0.29) is 5.69 Å². The van der Waals surface area contributed by atoms with E-state index < -0.39 is 5.97 Å². The Hall–Kier alpha value is -2.36. The number of carboxylic acids is 1. The second-order valence-electron chi connectivity index (χ2n) is 3.71. The third-order valence-corrected chi connectivity index (χ3v) is 2.26. The van der Waals surface area contributed by atoms with Crippen LogP contribution in [0.3, 0.4) is 0 Å². The van der Waals surface area contributed by atoms with Gasteiger partial charge in [0.2, 0.25) is 0 Å². The van der Waals surface area contributed by atoms with Crippen molar-refractivity contribution in [3.63, 3.8) is 0 Å². The van der Waals surface area contributed by atoms with Crippen LogP contribution in [-0.4, -0.2) is 16.1 Å². The van der Waals surface area contributed by atoms with Crippen LogP contribution < -0.4 is 5.32 Å². The summed E-state index contributed by atoms with van der Waals surface area (Å²) >= 11 is 0. The number of aryl methyl sites for hydroxylation is 1. The predicted octanol–water partition coefficient (Wildman–Crippen LogP) is 2.83. The summed E-state index contributed by atoms with van der Waals surface area (Å²) in [7, 11) is 0. The van der Waals surface area contributed by atoms with Gasteiger partial charge < -0.3 is 10.4 Å². The van der Waals surface area contributed by atoms with Gasteiger partial charge in [0.15, 0.2) is 5.69 Å². The molecule has 0 fully saturated rings. The first-order valence-corrected chi connectivity index (χ1v) is 5.19. The Morgan fingerprint density at radius 2 is 2.00 bits per heavy atom. The maximum Gasteiger partial charge on any atom is 0.354 e. The van der Waals surface area contributed by atoms with Crippen LogP contribution in [-0.2, 0) is 0 Å². The monoisotopic (exact) mass is 228 g/mol. The van der Waals surface area contributed by atoms with Gasteiger partial charge in [-0.3, -0.25) is 0 Å². The largest absolute Gasteiger partial charge is 0.477 e. The number of carbonyl (C=O) groups is 1. The first-order valence-electron chi connectivity index (χ1n) is 5.19. The molecule has 0 amide bonds. The molecule has 2 aromatic rings. The average molecular weight is 228 g/mol. The topological polar surface area (TPSA) is 62.2 Å². The number of nitrogens with one attached hydrogen (secondary N) is 1. The van der Waals surface area contributed by atoms with Gasteiger partial charge >= 0.3 is 5.97 Å². The molecule has 4 heteroatoms. The third kappa shape index (κ3) is 2.81. The number of benzene rings is 1. The molecule has 0 saturated carbocycles. The Morgan fingerprint density at radius 3 is 2.71 bits per heavy atom. The van der Waals surface area contributed by atoms with E-state index in [2.05, 4.69) is 10.3 Å². The Kier molecular flexibility index (Phi) is 3.05. The lowest BCUT2D eigenvalue weighted by Gasteiger charge is -2.06. The molecule has 17 heavy (non-hydrogen) atoms. The summed E-state index contributed by atoms with van der Waals surface area (Å²) in [5.41, 5.74) is 2.05. The van der Waals surface area contributed by atoms with E-state index in [1.165, 1.54) is 6.07 Å². The molecule has 1 aromatic heterocycles. The van der Waals surface area contributed by atoms with E-state index in [0.717, 1.165) is 11.3 Å². The van der Waals surface area contributed by atoms with Crippen LogP contribution in [0.4, 0.5) is 11.5 Å². The molecule has 2 N–H and O–H groups in total. The minimum Gasteiger partial charge on any atom is -0.477 e. The lowest BCUT2D eigenvalue weighted by atomic mass is 10.2. The van der Waals surface area contributed by atoms with Gasteiger partial charge in [-0.25, -0.2) is 9.78 Å². The van der Waals surface area contributed by atoms with Crippen molar-refractivity contribution in [3.05, 3.63) is 53.7 Å². The summed E-state index contributed by atoms with van der Waals surface area (Å²) in [6.45, 7) is 1.99. The molecule has 0 spiro atoms. The number of hydrogen-bond donors (Lipinski definition) is 2. The highest BCUT2D eigenvalue weighted by atomic mass is 16.4. The van der Waals surface area contributed by atoms with Crippen molar-refractivity contribution in [3.8, 4) is 0 Å². The summed E-state index contributed by atoms with van der Waals surface area (Å²) in [4.78, 5) is 14.8. The van der Waals surface area contributed by atoms with Crippen LogP contribution in [0.2, 0.25) is 0 Å². The van der Waals surface area contributed by atoms with Gasteiger partial charge in [-0.05, 0) is 36.8 Å². The second-order valence-corrected chi connectivity index (χ2v) is 3.71. The zero-order chi connectivity index (χ0) is 12.3. The van der Waals surface area contributed by atoms with Gasteiger partial charge in [0, 0.05) is 5.69 Å². The SMILES string of the molecule is Cc1cccc(Nc2cccc(C(=O)O)n2)c1. The maximum atomic E-state index is 10.8. The highest BCUT2D eigenvalue weighted by Gasteiger charge is 2.04. The van der Waals surface area contributed by atoms with Crippen molar-refractivity contribution < 1.29 is 9.90 Å². The van der Waals surface area contributed by atoms with Crippen molar-refractivity contribution in [1.29, 1.82) is 0 Å². The van der Waals surface area contributed by atoms with Crippen LogP contribution in [0.1, 0.15) is 16.1 Å². The van der Waals surface area contributed by atoms with Crippen LogP contribution in [0.5, 0.6) is 0 Å². The van der Waals surface area contributed by atoms with Gasteiger partial charge in [-0.1, -0.05) is 18.2 Å². The van der Waals surface area contributed by atoms with Crippen molar-refractivity contribution in [2.24, 2.45) is 0 Å². The second kappa shape index (κ2) is 4.65. The minimum absolute atomic E-state index is 0.0302. The van der Waals surface area contributed by atoms with Crippen molar-refractivity contribution in [2.45, 2.75) is 6.92 Å². The fourth-order valence-corrected chi connectivity index (χ4v) is 1.49. The number of aromatic nitrogens is 1. The first kappa shape index (κ1) is 11.1. The Morgan fingerprint density at radius 1 is 1.24 bits per heavy atom. The van der Waals surface area contributed by atoms with Crippen LogP contribution >= 0.6 is 0 Å². The van der Waals surface area contributed by atoms with Crippen molar-refractivity contribution in [2.75, 3.05) is 5.32 Å². The van der Waals surface area contributed by atoms with Crippen molar-refractivity contribution in [1.82, 2.24) is 4.98 Å². The smallest absolute Gasteiger partial charge is 0.354 e. The Labute approximate surface area is 98.9 Å². The number of anilines is 2. The number of rotatable bonds is 3. The van der Waals surface area contributed by atoms with E-state index in [4.69, 9.17) is 5.11 Å². The number of carboxylic acid groups (broad SMARTS) is 1. The average Bonchev–Trinajstić information content (AvgIpc) is 2.29. The number of aromatic carboxylic acids is 1. The molecule has 0 radical (unpaired) electrons. The van der Waals surface area contributed by atoms with E-state index in [1.54, 1.807) is 12.1 Å². The molecular formula is C13H12N2O2. The lowest BCUT2D eigenvalue weighted by molar-refractivity contribution is 0.0690. The van der Waals surface area contributed by atoms with Gasteiger partial charge in [-0.2, -0.15) is 0 Å². The molecule has 2 rings (SSSR count). The van der Waals surface area contributed by atoms with E-state index in [9.17, 15) is 4.79 Å². The minimum atomic E-state index is -1.03. The molecule has 4 nitrogen and oxygen atoms in total. The summed E-state index contributed by atoms with van der Waals surface area (Å²) in [5, 5.41) is 11.9. The van der Waals surface area contributed by atoms with E-state index in [1.807, 2.05) is 31.2 Å². The van der Waals surface area contributed by atoms with Gasteiger partial charge in [0.05, 0.1) is 0 Å². The summed E-state index contributed by atoms with van der Waals surface area (Å²) in [5.74, 6) is -0.506. The molecule has 0 saturated heterocycles. The quantitative estimate of drug-likeness (QED) is 0.847. The fourth-order valence-electron chi connectivity index (χ4n) is 1.49. The normalized spacial score (nSPS) is 9.94. The van der Waals surface area contributed by atoms with Crippen LogP contribution in [0.25, 0.3) is 0 Å². The number of nitrogens with zero attached hydrogens (tertiary/aromatic N) is 1. The maximum absolute atomic E-state index is 10.8. The highest BCUT2D eigenvalue weighted by molar-refractivity contribution is 5.85. The van der Waals surface area contributed by atoms with Gasteiger partial charge in [0.25, 0.3) is 0 Å². The van der Waals surface area contributed by atoms with Gasteiger partial charge in [0.1, 0.15) is 5.82 Å². The number of pyridine rings is 1. The van der Waals surface area contributed by atoms with E-state index in [0.29, 0.717) is 5.82 Å². The lowest BCUT2D eigenvalue weighted by Crippen LogP contribution is -2.02. The van der Waals surface area contributed by atoms with E-state index >= 15 is 0 Å². The fraction of sp³-hybridized carbons (Fsp3) is 0.0769. The molecule has 1 aromatic carbocycles. The zero-order valence-electron chi connectivity index (χ0n) is 9.34. The van der Waals surface area contributed by atoms with Crippen molar-refractivity contribution >= 4 is 17.5 Å². The summed E-state index contributed by atoms with van der Waals surface area (Å²) in [6.07, 6.45) is 0. The molecule has 0 atom stereocenters. The molecule has 1 heterocycles. The molecule has 0 aliphatic carbocycles. The predicted molar refractivity (Wildman–Crippen MR) is 65.7 cm³/mol. The summed E-state index contributed by atoms with van der Waals surface area (Å²) < 4.78 is 0.